The lowest BCUT2D eigenvalue weighted by Gasteiger charge is -2.30. The topological polar surface area (TPSA) is 37.7 Å². The van der Waals surface area contributed by atoms with E-state index in [9.17, 15) is 18.0 Å². The average Bonchev–Trinajstić information content (AvgIpc) is 2.67. The summed E-state index contributed by atoms with van der Waals surface area (Å²) in [7, 11) is 0. The van der Waals surface area contributed by atoms with Crippen molar-refractivity contribution in [2.45, 2.75) is 6.18 Å². The molecule has 1 aliphatic rings. The molecule has 1 aliphatic heterocycles. The van der Waals surface area contributed by atoms with E-state index in [2.05, 4.69) is 4.98 Å². The van der Waals surface area contributed by atoms with Crippen molar-refractivity contribution < 1.29 is 22.9 Å². The van der Waals surface area contributed by atoms with E-state index in [-0.39, 0.29) is 5.91 Å². The summed E-state index contributed by atoms with van der Waals surface area (Å²) in [4.78, 5) is 18.6. The highest BCUT2D eigenvalue weighted by Gasteiger charge is 2.32. The van der Waals surface area contributed by atoms with Gasteiger partial charge in [0.2, 0.25) is 5.91 Å². The predicted molar refractivity (Wildman–Crippen MR) is 97.3 cm³/mol. The van der Waals surface area contributed by atoms with E-state index in [4.69, 9.17) is 11.6 Å². The summed E-state index contributed by atoms with van der Waals surface area (Å²) in [6.07, 6.45) is -0.157. The number of amides is 1. The lowest BCUT2D eigenvalue weighted by molar-refractivity contribution is -0.367. The van der Waals surface area contributed by atoms with Crippen molar-refractivity contribution in [3.63, 3.8) is 0 Å². The van der Waals surface area contributed by atoms with E-state index in [0.29, 0.717) is 37.0 Å². The second kappa shape index (κ2) is 8.00. The van der Waals surface area contributed by atoms with Crippen LogP contribution in [0.5, 0.6) is 0 Å². The van der Waals surface area contributed by atoms with Gasteiger partial charge < -0.3 is 4.90 Å². The van der Waals surface area contributed by atoms with Gasteiger partial charge in [0.15, 0.2) is 0 Å². The van der Waals surface area contributed by atoms with Gasteiger partial charge in [0.1, 0.15) is 19.3 Å². The zero-order chi connectivity index (χ0) is 19.4. The van der Waals surface area contributed by atoms with Gasteiger partial charge >= 0.3 is 6.18 Å². The molecule has 1 N–H and O–H groups in total. The van der Waals surface area contributed by atoms with Crippen LogP contribution in [0.15, 0.2) is 48.7 Å². The van der Waals surface area contributed by atoms with E-state index in [0.717, 1.165) is 17.8 Å². The Labute approximate surface area is 159 Å². The first kappa shape index (κ1) is 19.2. The highest BCUT2D eigenvalue weighted by atomic mass is 35.5. The maximum Gasteiger partial charge on any atom is 0.419 e. The van der Waals surface area contributed by atoms with Gasteiger partial charge in [-0.2, -0.15) is 13.2 Å². The molecule has 0 bridgehead atoms. The number of nitrogens with one attached hydrogen (secondary N) is 1. The molecule has 4 nitrogen and oxygen atoms in total. The zero-order valence-corrected chi connectivity index (χ0v) is 15.1. The van der Waals surface area contributed by atoms with Gasteiger partial charge in [0, 0.05) is 17.2 Å². The van der Waals surface area contributed by atoms with Gasteiger partial charge in [-0.25, -0.2) is 4.98 Å². The van der Waals surface area contributed by atoms with Gasteiger partial charge in [0.25, 0.3) is 5.82 Å². The van der Waals surface area contributed by atoms with Crippen LogP contribution >= 0.6 is 11.6 Å². The minimum absolute atomic E-state index is 0.0963. The molecule has 1 saturated heterocycles. The Morgan fingerprint density at radius 3 is 2.26 bits per heavy atom. The number of aromatic nitrogens is 1. The molecule has 2 aromatic rings. The molecule has 27 heavy (non-hydrogen) atoms. The van der Waals surface area contributed by atoms with Crippen molar-refractivity contribution in [3.8, 4) is 0 Å². The number of carbonyl (C=O) groups excluding carboxylic acids is 1. The number of halogens is 4. The number of aromatic amines is 1. The van der Waals surface area contributed by atoms with Crippen molar-refractivity contribution in [1.29, 1.82) is 0 Å². The number of pyridine rings is 1. The lowest BCUT2D eigenvalue weighted by atomic mass is 10.2. The molecule has 1 fully saturated rings. The van der Waals surface area contributed by atoms with Crippen LogP contribution in [-0.2, 0) is 11.0 Å². The standard InChI is InChI=1S/C19H17ClF3N3O/c20-16-5-1-14(2-6-16)3-8-18(27)26-11-9-25(10-12-26)17-7-4-15(13-24-17)19(21,22)23/h1-8,13H,9-12H2/p+1/b8-3+. The fraction of sp³-hybridized carbons (Fsp3) is 0.263. The maximum absolute atomic E-state index is 12.6. The molecule has 0 atom stereocenters. The van der Waals surface area contributed by atoms with Crippen molar-refractivity contribution in [1.82, 2.24) is 4.90 Å². The molecule has 0 unspecified atom stereocenters. The third kappa shape index (κ3) is 5.01. The molecular formula is C19H18ClF3N3O+. The van der Waals surface area contributed by atoms with Gasteiger partial charge in [-0.15, -0.1) is 0 Å². The summed E-state index contributed by atoms with van der Waals surface area (Å²) in [6.45, 7) is 2.09. The molecule has 0 saturated carbocycles. The van der Waals surface area contributed by atoms with Crippen LogP contribution < -0.4 is 9.88 Å². The molecule has 1 aromatic carbocycles. The number of hydrogen-bond acceptors (Lipinski definition) is 2. The largest absolute Gasteiger partial charge is 0.419 e. The van der Waals surface area contributed by atoms with Gasteiger partial charge in [0.05, 0.1) is 18.7 Å². The summed E-state index contributed by atoms with van der Waals surface area (Å²) < 4.78 is 37.9. The van der Waals surface area contributed by atoms with Gasteiger partial charge in [-0.05, 0) is 29.8 Å². The Kier molecular flexibility index (Phi) is 5.70. The summed E-state index contributed by atoms with van der Waals surface area (Å²) in [5.74, 6) is 0.507. The number of rotatable bonds is 3. The summed E-state index contributed by atoms with van der Waals surface area (Å²) in [5, 5.41) is 0.634. The third-order valence-electron chi connectivity index (χ3n) is 4.34. The summed E-state index contributed by atoms with van der Waals surface area (Å²) in [5.41, 5.74) is 0.165. The van der Waals surface area contributed by atoms with Crippen LogP contribution in [0.1, 0.15) is 11.1 Å². The van der Waals surface area contributed by atoms with E-state index in [1.54, 1.807) is 23.1 Å². The molecule has 1 aromatic heterocycles. The van der Waals surface area contributed by atoms with Crippen molar-refractivity contribution >= 4 is 29.4 Å². The van der Waals surface area contributed by atoms with Crippen LogP contribution in [0.4, 0.5) is 19.0 Å². The van der Waals surface area contributed by atoms with Crippen LogP contribution in [0.25, 0.3) is 6.08 Å². The first-order chi connectivity index (χ1) is 12.8. The van der Waals surface area contributed by atoms with E-state index >= 15 is 0 Å². The minimum Gasteiger partial charge on any atom is -0.331 e. The van der Waals surface area contributed by atoms with Crippen LogP contribution in [-0.4, -0.2) is 37.0 Å². The smallest absolute Gasteiger partial charge is 0.331 e. The molecule has 2 heterocycles. The monoisotopic (exact) mass is 396 g/mol. The molecule has 8 heteroatoms. The number of piperazine rings is 1. The SMILES string of the molecule is O=C(/C=C/c1ccc(Cl)cc1)N1CCN(c2ccc(C(F)(F)F)c[nH+]2)CC1. The Hall–Kier alpha value is -2.54. The average molecular weight is 397 g/mol. The second-order valence-electron chi connectivity index (χ2n) is 6.16. The molecular weight excluding hydrogens is 379 g/mol. The van der Waals surface area contributed by atoms with E-state index in [1.807, 2.05) is 17.0 Å². The fourth-order valence-corrected chi connectivity index (χ4v) is 2.93. The fourth-order valence-electron chi connectivity index (χ4n) is 2.80. The maximum atomic E-state index is 12.6. The molecule has 0 radical (unpaired) electrons. The summed E-state index contributed by atoms with van der Waals surface area (Å²) >= 11 is 5.83. The Balaban J connectivity index is 1.55. The number of carbonyl (C=O) groups is 1. The van der Waals surface area contributed by atoms with Crippen LogP contribution in [0.3, 0.4) is 0 Å². The molecule has 0 aliphatic carbocycles. The Morgan fingerprint density at radius 1 is 1.04 bits per heavy atom. The Bertz CT molecular complexity index is 812. The van der Waals surface area contributed by atoms with Crippen molar-refractivity contribution in [3.05, 3.63) is 64.8 Å². The normalized spacial score (nSPS) is 15.4. The third-order valence-corrected chi connectivity index (χ3v) is 4.60. The number of hydrogen-bond donors (Lipinski definition) is 0. The number of alkyl halides is 3. The van der Waals surface area contributed by atoms with Gasteiger partial charge in [-0.1, -0.05) is 23.7 Å². The number of H-pyrrole nitrogens is 1. The molecule has 3 rings (SSSR count). The first-order valence-electron chi connectivity index (χ1n) is 8.39. The number of benzene rings is 1. The minimum atomic E-state index is -4.36. The van der Waals surface area contributed by atoms with E-state index < -0.39 is 11.7 Å². The first-order valence-corrected chi connectivity index (χ1v) is 8.77. The van der Waals surface area contributed by atoms with Gasteiger partial charge in [-0.3, -0.25) is 9.69 Å². The highest BCUT2D eigenvalue weighted by Crippen LogP contribution is 2.28. The Morgan fingerprint density at radius 2 is 1.70 bits per heavy atom. The zero-order valence-electron chi connectivity index (χ0n) is 14.3. The number of anilines is 1. The molecule has 142 valence electrons. The molecule has 1 amide bonds. The second-order valence-corrected chi connectivity index (χ2v) is 6.59. The lowest BCUT2D eigenvalue weighted by Crippen LogP contribution is -2.49. The van der Waals surface area contributed by atoms with Crippen LogP contribution in [0.2, 0.25) is 5.02 Å². The van der Waals surface area contributed by atoms with E-state index in [1.165, 1.54) is 12.1 Å². The molecule has 0 spiro atoms. The number of nitrogens with zero attached hydrogens (tertiary/aromatic N) is 2. The quantitative estimate of drug-likeness (QED) is 0.744. The van der Waals surface area contributed by atoms with Crippen molar-refractivity contribution in [2.24, 2.45) is 0 Å². The van der Waals surface area contributed by atoms with Crippen molar-refractivity contribution in [2.75, 3.05) is 31.1 Å². The summed E-state index contributed by atoms with van der Waals surface area (Å²) in [6, 6.07) is 9.63. The predicted octanol–water partition coefficient (Wildman–Crippen LogP) is 3.53. The van der Waals surface area contributed by atoms with Crippen LogP contribution in [0, 0.1) is 0 Å². The highest BCUT2D eigenvalue weighted by molar-refractivity contribution is 6.30.